The molecule has 0 spiro atoms. The van der Waals surface area contributed by atoms with E-state index in [1.54, 1.807) is 19.1 Å². The molecule has 0 aliphatic carbocycles. The Hall–Kier alpha value is -1.36. The van der Waals surface area contributed by atoms with Crippen LogP contribution in [-0.4, -0.2) is 11.5 Å². The maximum Gasteiger partial charge on any atom is 0.273 e. The fourth-order valence-corrected chi connectivity index (χ4v) is 1.66. The van der Waals surface area contributed by atoms with E-state index in [-0.39, 0.29) is 5.69 Å². The van der Waals surface area contributed by atoms with Crippen molar-refractivity contribution in [3.63, 3.8) is 0 Å². The van der Waals surface area contributed by atoms with Gasteiger partial charge in [0.25, 0.3) is 5.69 Å². The quantitative estimate of drug-likeness (QED) is 0.519. The number of benzene rings is 1. The zero-order valence-corrected chi connectivity index (χ0v) is 9.87. The Morgan fingerprint density at radius 1 is 1.67 bits per heavy atom. The third-order valence-electron chi connectivity index (χ3n) is 1.92. The fraction of sp³-hybridized carbons (Fsp3) is 0.200. The van der Waals surface area contributed by atoms with Gasteiger partial charge in [-0.3, -0.25) is 10.1 Å². The van der Waals surface area contributed by atoms with Gasteiger partial charge in [-0.15, -0.1) is 6.58 Å². The lowest BCUT2D eigenvalue weighted by atomic mass is 10.2. The topological polar surface area (TPSA) is 55.2 Å². The predicted octanol–water partition coefficient (Wildman–Crippen LogP) is 3.26. The molecule has 0 saturated heterocycles. The summed E-state index contributed by atoms with van der Waals surface area (Å²) in [6.45, 7) is 5.92. The number of nitro benzene ring substituents is 1. The second kappa shape index (κ2) is 4.93. The largest absolute Gasteiger partial charge is 0.381 e. The van der Waals surface area contributed by atoms with E-state index in [4.69, 9.17) is 0 Å². The van der Waals surface area contributed by atoms with E-state index in [1.807, 2.05) is 0 Å². The van der Waals surface area contributed by atoms with E-state index in [0.717, 1.165) is 5.69 Å². The maximum absolute atomic E-state index is 10.6. The highest BCUT2D eigenvalue weighted by atomic mass is 79.9. The molecule has 0 atom stereocenters. The molecule has 0 radical (unpaired) electrons. The summed E-state index contributed by atoms with van der Waals surface area (Å²) in [5, 5.41) is 13.7. The van der Waals surface area contributed by atoms with Gasteiger partial charge in [0.1, 0.15) is 0 Å². The second-order valence-corrected chi connectivity index (χ2v) is 3.90. The van der Waals surface area contributed by atoms with Crippen LogP contribution in [0.1, 0.15) is 5.56 Å². The van der Waals surface area contributed by atoms with Crippen LogP contribution in [0.25, 0.3) is 0 Å². The Balaban J connectivity index is 3.07. The number of hydrogen-bond acceptors (Lipinski definition) is 3. The molecule has 4 nitrogen and oxygen atoms in total. The molecule has 5 heteroatoms. The van der Waals surface area contributed by atoms with Gasteiger partial charge < -0.3 is 5.32 Å². The first-order valence-electron chi connectivity index (χ1n) is 4.35. The molecule has 0 aliphatic rings. The normalized spacial score (nSPS) is 9.73. The maximum atomic E-state index is 10.6. The van der Waals surface area contributed by atoms with Crippen molar-refractivity contribution >= 4 is 27.3 Å². The van der Waals surface area contributed by atoms with Crippen LogP contribution in [0.5, 0.6) is 0 Å². The van der Waals surface area contributed by atoms with Crippen LogP contribution >= 0.6 is 15.9 Å². The summed E-state index contributed by atoms with van der Waals surface area (Å²) in [7, 11) is 0. The Labute approximate surface area is 96.3 Å². The average molecular weight is 271 g/mol. The number of hydrogen-bond donors (Lipinski definition) is 1. The fourth-order valence-electron chi connectivity index (χ4n) is 1.19. The Kier molecular flexibility index (Phi) is 3.85. The average Bonchev–Trinajstić information content (AvgIpc) is 2.18. The number of rotatable bonds is 4. The zero-order valence-electron chi connectivity index (χ0n) is 8.29. The van der Waals surface area contributed by atoms with Crippen LogP contribution in [0.3, 0.4) is 0 Å². The number of nitrogens with one attached hydrogen (secondary N) is 1. The number of nitrogens with zero attached hydrogens (tertiary/aromatic N) is 1. The summed E-state index contributed by atoms with van der Waals surface area (Å²) in [6, 6.07) is 3.24. The summed E-state index contributed by atoms with van der Waals surface area (Å²) in [5.41, 5.74) is 1.58. The van der Waals surface area contributed by atoms with Crippen molar-refractivity contribution in [3.05, 3.63) is 44.9 Å². The Morgan fingerprint density at radius 2 is 2.33 bits per heavy atom. The van der Waals surface area contributed by atoms with E-state index in [1.165, 1.54) is 6.07 Å². The molecule has 0 amide bonds. The minimum atomic E-state index is -0.391. The highest BCUT2D eigenvalue weighted by Crippen LogP contribution is 2.30. The molecule has 0 heterocycles. The molecule has 0 unspecified atom stereocenters. The first-order valence-corrected chi connectivity index (χ1v) is 5.15. The van der Waals surface area contributed by atoms with Gasteiger partial charge in [0.2, 0.25) is 0 Å². The zero-order chi connectivity index (χ0) is 11.4. The van der Waals surface area contributed by atoms with Crippen LogP contribution in [-0.2, 0) is 0 Å². The number of halogens is 1. The van der Waals surface area contributed by atoms with Gasteiger partial charge in [-0.1, -0.05) is 6.08 Å². The molecule has 0 saturated carbocycles. The van der Waals surface area contributed by atoms with Gasteiger partial charge >= 0.3 is 0 Å². The van der Waals surface area contributed by atoms with Gasteiger partial charge in [0.05, 0.1) is 4.92 Å². The van der Waals surface area contributed by atoms with Crippen molar-refractivity contribution in [2.45, 2.75) is 6.92 Å². The van der Waals surface area contributed by atoms with Crippen molar-refractivity contribution in [2.24, 2.45) is 0 Å². The first-order chi connectivity index (χ1) is 7.06. The van der Waals surface area contributed by atoms with E-state index < -0.39 is 4.92 Å². The molecular weight excluding hydrogens is 260 g/mol. The molecule has 1 rings (SSSR count). The summed E-state index contributed by atoms with van der Waals surface area (Å²) >= 11 is 3.28. The van der Waals surface area contributed by atoms with Crippen LogP contribution in [0.4, 0.5) is 11.4 Å². The van der Waals surface area contributed by atoms with Gasteiger partial charge in [-0.2, -0.15) is 0 Å². The molecule has 1 N–H and O–H groups in total. The van der Waals surface area contributed by atoms with E-state index in [9.17, 15) is 10.1 Å². The molecule has 1 aromatic rings. The Morgan fingerprint density at radius 3 is 2.87 bits per heavy atom. The van der Waals surface area contributed by atoms with Crippen LogP contribution in [0.2, 0.25) is 0 Å². The van der Waals surface area contributed by atoms with E-state index >= 15 is 0 Å². The monoisotopic (exact) mass is 270 g/mol. The van der Waals surface area contributed by atoms with Crippen LogP contribution in [0.15, 0.2) is 29.3 Å². The third kappa shape index (κ3) is 2.79. The molecule has 0 aromatic heterocycles. The first kappa shape index (κ1) is 11.7. The molecule has 0 fully saturated rings. The molecule has 0 aliphatic heterocycles. The van der Waals surface area contributed by atoms with Gasteiger partial charge in [0.15, 0.2) is 0 Å². The highest BCUT2D eigenvalue weighted by molar-refractivity contribution is 9.10. The van der Waals surface area contributed by atoms with Crippen LogP contribution in [0, 0.1) is 17.0 Å². The summed E-state index contributed by atoms with van der Waals surface area (Å²) in [5.74, 6) is 0. The standard InChI is InChI=1S/C10H11BrN2O2/c1-3-4-12-9-5-7(2)10(13(14)15)6-8(9)11/h3,5-6,12H,1,4H2,2H3. The predicted molar refractivity (Wildman–Crippen MR) is 64.2 cm³/mol. The van der Waals surface area contributed by atoms with Gasteiger partial charge in [-0.05, 0) is 28.9 Å². The number of aryl methyl sites for hydroxylation is 1. The smallest absolute Gasteiger partial charge is 0.273 e. The van der Waals surface area contributed by atoms with Crippen molar-refractivity contribution in [1.82, 2.24) is 0 Å². The van der Waals surface area contributed by atoms with Crippen molar-refractivity contribution in [3.8, 4) is 0 Å². The number of anilines is 1. The molecule has 80 valence electrons. The van der Waals surface area contributed by atoms with E-state index in [2.05, 4.69) is 27.8 Å². The minimum absolute atomic E-state index is 0.117. The second-order valence-electron chi connectivity index (χ2n) is 3.05. The van der Waals surface area contributed by atoms with Crippen LogP contribution < -0.4 is 5.32 Å². The van der Waals surface area contributed by atoms with Crippen molar-refractivity contribution in [1.29, 1.82) is 0 Å². The minimum Gasteiger partial charge on any atom is -0.381 e. The van der Waals surface area contributed by atoms with E-state index in [0.29, 0.717) is 16.6 Å². The SMILES string of the molecule is C=CCNc1cc(C)c([N+](=O)[O-])cc1Br. The van der Waals surface area contributed by atoms with Crippen molar-refractivity contribution < 1.29 is 4.92 Å². The molecule has 1 aromatic carbocycles. The van der Waals surface area contributed by atoms with Gasteiger partial charge in [0, 0.05) is 28.3 Å². The van der Waals surface area contributed by atoms with Crippen molar-refractivity contribution in [2.75, 3.05) is 11.9 Å². The summed E-state index contributed by atoms with van der Waals surface area (Å²) in [6.07, 6.45) is 1.73. The number of nitro groups is 1. The Bertz CT molecular complexity index is 405. The summed E-state index contributed by atoms with van der Waals surface area (Å²) in [4.78, 5) is 10.3. The highest BCUT2D eigenvalue weighted by Gasteiger charge is 2.13. The van der Waals surface area contributed by atoms with Gasteiger partial charge in [-0.25, -0.2) is 0 Å². The molecule has 15 heavy (non-hydrogen) atoms. The summed E-state index contributed by atoms with van der Waals surface area (Å²) < 4.78 is 0.682. The molecular formula is C10H11BrN2O2. The third-order valence-corrected chi connectivity index (χ3v) is 2.58. The lowest BCUT2D eigenvalue weighted by Crippen LogP contribution is -2.00. The molecule has 0 bridgehead atoms. The lowest BCUT2D eigenvalue weighted by molar-refractivity contribution is -0.385. The lowest BCUT2D eigenvalue weighted by Gasteiger charge is -2.07.